The average Bonchev–Trinajstić information content (AvgIpc) is 3.04. The van der Waals surface area contributed by atoms with Crippen molar-refractivity contribution in [2.45, 2.75) is 45.2 Å². The summed E-state index contributed by atoms with van der Waals surface area (Å²) in [7, 11) is -3.15. The Morgan fingerprint density at radius 2 is 1.73 bits per heavy atom. The van der Waals surface area contributed by atoms with Crippen molar-refractivity contribution in [3.8, 4) is 5.75 Å². The van der Waals surface area contributed by atoms with Crippen LogP contribution in [0.15, 0.2) is 48.5 Å². The van der Waals surface area contributed by atoms with E-state index in [4.69, 9.17) is 4.74 Å². The molecule has 5 nitrogen and oxygen atoms in total. The standard InChI is InChI=1S/C23H28FNO4S/c1-23(2,3)18-6-10-21(11-7-18)29-15-22(26)25(20-12-13-30(27,28)16-20)14-17-4-8-19(24)9-5-17/h4-11,20H,12-16H2,1-3H3/t20-/m0/s1. The molecule has 1 fully saturated rings. The van der Waals surface area contributed by atoms with Crippen LogP contribution in [0.4, 0.5) is 4.39 Å². The summed E-state index contributed by atoms with van der Waals surface area (Å²) in [6.07, 6.45) is 0.398. The number of sulfone groups is 1. The molecule has 0 saturated carbocycles. The number of carbonyl (C=O) groups is 1. The minimum absolute atomic E-state index is 0.0221. The summed E-state index contributed by atoms with van der Waals surface area (Å²) < 4.78 is 42.8. The zero-order valence-corrected chi connectivity index (χ0v) is 18.4. The van der Waals surface area contributed by atoms with Gasteiger partial charge in [0.05, 0.1) is 11.5 Å². The van der Waals surface area contributed by atoms with Gasteiger partial charge in [0.1, 0.15) is 11.6 Å². The number of ether oxygens (including phenoxy) is 1. The molecule has 1 saturated heterocycles. The fourth-order valence-electron chi connectivity index (χ4n) is 3.51. The zero-order chi connectivity index (χ0) is 21.9. The Labute approximate surface area is 177 Å². The van der Waals surface area contributed by atoms with E-state index < -0.39 is 15.9 Å². The van der Waals surface area contributed by atoms with E-state index in [1.807, 2.05) is 24.3 Å². The molecule has 7 heteroatoms. The Hall–Kier alpha value is -2.41. The Kier molecular flexibility index (Phi) is 6.50. The van der Waals surface area contributed by atoms with Gasteiger partial charge in [-0.05, 0) is 47.2 Å². The molecular weight excluding hydrogens is 405 g/mol. The van der Waals surface area contributed by atoms with Crippen LogP contribution in [-0.2, 0) is 26.6 Å². The smallest absolute Gasteiger partial charge is 0.261 e. The summed E-state index contributed by atoms with van der Waals surface area (Å²) in [4.78, 5) is 14.5. The van der Waals surface area contributed by atoms with Crippen LogP contribution in [0.5, 0.6) is 5.75 Å². The van der Waals surface area contributed by atoms with Crippen molar-refractivity contribution in [3.63, 3.8) is 0 Å². The lowest BCUT2D eigenvalue weighted by molar-refractivity contribution is -0.136. The van der Waals surface area contributed by atoms with Crippen LogP contribution in [0, 0.1) is 5.82 Å². The van der Waals surface area contributed by atoms with Gasteiger partial charge in [-0.25, -0.2) is 12.8 Å². The van der Waals surface area contributed by atoms with Crippen LogP contribution in [0.25, 0.3) is 0 Å². The molecule has 0 bridgehead atoms. The first kappa shape index (κ1) is 22.3. The summed E-state index contributed by atoms with van der Waals surface area (Å²) in [6.45, 7) is 6.39. The third kappa shape index (κ3) is 5.81. The quantitative estimate of drug-likeness (QED) is 0.697. The van der Waals surface area contributed by atoms with Crippen LogP contribution in [0.3, 0.4) is 0 Å². The number of carbonyl (C=O) groups excluding carboxylic acids is 1. The number of benzene rings is 2. The Morgan fingerprint density at radius 1 is 1.10 bits per heavy atom. The van der Waals surface area contributed by atoms with Gasteiger partial charge in [0.2, 0.25) is 0 Å². The van der Waals surface area contributed by atoms with Crippen molar-refractivity contribution in [2.24, 2.45) is 0 Å². The first-order chi connectivity index (χ1) is 14.0. The van der Waals surface area contributed by atoms with Crippen molar-refractivity contribution in [1.29, 1.82) is 0 Å². The van der Waals surface area contributed by atoms with Gasteiger partial charge in [0.15, 0.2) is 16.4 Å². The molecule has 0 N–H and O–H groups in total. The molecule has 0 spiro atoms. The lowest BCUT2D eigenvalue weighted by Crippen LogP contribution is -2.43. The highest BCUT2D eigenvalue weighted by Crippen LogP contribution is 2.25. The second-order valence-electron chi connectivity index (χ2n) is 8.77. The van der Waals surface area contributed by atoms with Gasteiger partial charge in [-0.15, -0.1) is 0 Å². The molecule has 0 radical (unpaired) electrons. The summed E-state index contributed by atoms with van der Waals surface area (Å²) in [5.74, 6) is -0.0548. The number of hydrogen-bond acceptors (Lipinski definition) is 4. The van der Waals surface area contributed by atoms with Crippen LogP contribution < -0.4 is 4.74 Å². The predicted molar refractivity (Wildman–Crippen MR) is 115 cm³/mol. The highest BCUT2D eigenvalue weighted by atomic mass is 32.2. The molecule has 2 aromatic carbocycles. The normalized spacial score (nSPS) is 18.2. The van der Waals surface area contributed by atoms with E-state index in [2.05, 4.69) is 20.8 Å². The van der Waals surface area contributed by atoms with E-state index >= 15 is 0 Å². The molecule has 0 unspecified atom stereocenters. The van der Waals surface area contributed by atoms with Crippen molar-refractivity contribution in [1.82, 2.24) is 4.90 Å². The molecule has 30 heavy (non-hydrogen) atoms. The molecule has 1 atom stereocenters. The Balaban J connectivity index is 1.70. The first-order valence-corrected chi connectivity index (χ1v) is 11.8. The van der Waals surface area contributed by atoms with Crippen LogP contribution in [0.1, 0.15) is 38.3 Å². The van der Waals surface area contributed by atoms with Gasteiger partial charge in [-0.2, -0.15) is 0 Å². The summed E-state index contributed by atoms with van der Waals surface area (Å²) in [5.41, 5.74) is 1.92. The summed E-state index contributed by atoms with van der Waals surface area (Å²) in [5, 5.41) is 0. The van der Waals surface area contributed by atoms with E-state index in [9.17, 15) is 17.6 Å². The predicted octanol–water partition coefficient (Wildman–Crippen LogP) is 3.72. The molecule has 0 aromatic heterocycles. The van der Waals surface area contributed by atoms with E-state index in [-0.39, 0.29) is 41.8 Å². The molecule has 1 aliphatic heterocycles. The minimum atomic E-state index is -3.15. The van der Waals surface area contributed by atoms with Gasteiger partial charge in [0, 0.05) is 12.6 Å². The molecule has 162 valence electrons. The summed E-state index contributed by atoms with van der Waals surface area (Å²) >= 11 is 0. The summed E-state index contributed by atoms with van der Waals surface area (Å²) in [6, 6.07) is 13.1. The van der Waals surface area contributed by atoms with Gasteiger partial charge >= 0.3 is 0 Å². The topological polar surface area (TPSA) is 63.7 Å². The van der Waals surface area contributed by atoms with Crippen molar-refractivity contribution < 1.29 is 22.3 Å². The van der Waals surface area contributed by atoms with Crippen LogP contribution >= 0.6 is 0 Å². The number of amides is 1. The minimum Gasteiger partial charge on any atom is -0.484 e. The number of halogens is 1. The van der Waals surface area contributed by atoms with Gasteiger partial charge in [-0.3, -0.25) is 4.79 Å². The van der Waals surface area contributed by atoms with Crippen molar-refractivity contribution in [2.75, 3.05) is 18.1 Å². The lowest BCUT2D eigenvalue weighted by atomic mass is 9.87. The lowest BCUT2D eigenvalue weighted by Gasteiger charge is -2.28. The van der Waals surface area contributed by atoms with Crippen LogP contribution in [-0.4, -0.2) is 43.4 Å². The second kappa shape index (κ2) is 8.76. The average molecular weight is 434 g/mol. The Morgan fingerprint density at radius 3 is 2.27 bits per heavy atom. The Bertz CT molecular complexity index is 979. The van der Waals surface area contributed by atoms with Crippen molar-refractivity contribution >= 4 is 15.7 Å². The van der Waals surface area contributed by atoms with Crippen LogP contribution in [0.2, 0.25) is 0 Å². The second-order valence-corrected chi connectivity index (χ2v) is 11.0. The molecule has 1 aliphatic rings. The number of rotatable bonds is 6. The fourth-order valence-corrected chi connectivity index (χ4v) is 5.24. The molecule has 2 aromatic rings. The first-order valence-electron chi connectivity index (χ1n) is 10.0. The fraction of sp³-hybridized carbons (Fsp3) is 0.435. The maximum atomic E-state index is 13.2. The molecular formula is C23H28FNO4S. The van der Waals surface area contributed by atoms with E-state index in [1.165, 1.54) is 12.1 Å². The largest absolute Gasteiger partial charge is 0.484 e. The molecule has 1 heterocycles. The number of hydrogen-bond donors (Lipinski definition) is 0. The molecule has 3 rings (SSSR count). The monoisotopic (exact) mass is 433 g/mol. The number of nitrogens with zero attached hydrogens (tertiary/aromatic N) is 1. The van der Waals surface area contributed by atoms with Gasteiger partial charge in [-0.1, -0.05) is 45.0 Å². The maximum Gasteiger partial charge on any atom is 0.261 e. The molecule has 0 aliphatic carbocycles. The van der Waals surface area contributed by atoms with Gasteiger partial charge in [0.25, 0.3) is 5.91 Å². The van der Waals surface area contributed by atoms with E-state index in [0.717, 1.165) is 11.1 Å². The van der Waals surface area contributed by atoms with E-state index in [1.54, 1.807) is 17.0 Å². The zero-order valence-electron chi connectivity index (χ0n) is 17.6. The highest BCUT2D eigenvalue weighted by Gasteiger charge is 2.34. The van der Waals surface area contributed by atoms with Gasteiger partial charge < -0.3 is 9.64 Å². The van der Waals surface area contributed by atoms with Crippen molar-refractivity contribution in [3.05, 3.63) is 65.5 Å². The SMILES string of the molecule is CC(C)(C)c1ccc(OCC(=O)N(Cc2ccc(F)cc2)[C@H]2CCS(=O)(=O)C2)cc1. The van der Waals surface area contributed by atoms with E-state index in [0.29, 0.717) is 12.2 Å². The third-order valence-electron chi connectivity index (χ3n) is 5.32. The molecule has 1 amide bonds. The third-order valence-corrected chi connectivity index (χ3v) is 7.07. The maximum absolute atomic E-state index is 13.2. The highest BCUT2D eigenvalue weighted by molar-refractivity contribution is 7.91.